The van der Waals surface area contributed by atoms with E-state index in [2.05, 4.69) is 0 Å². The molecule has 0 amide bonds. The topological polar surface area (TPSA) is 35.5 Å². The standard InChI is InChI=1S/C16H13FO3/c1-19-12-6-7-15-13(8-12)14(18)9-16(20-15)10-2-4-11(17)5-3-10/h2-8,16H,9H2,1H3/t16-/m1/s1. The van der Waals surface area contributed by atoms with Crippen LogP contribution in [0.1, 0.15) is 28.4 Å². The first-order valence-corrected chi connectivity index (χ1v) is 6.31. The number of benzene rings is 2. The monoisotopic (exact) mass is 272 g/mol. The first-order valence-electron chi connectivity index (χ1n) is 6.31. The maximum Gasteiger partial charge on any atom is 0.170 e. The Hall–Kier alpha value is -2.36. The van der Waals surface area contributed by atoms with Crippen molar-refractivity contribution in [1.29, 1.82) is 0 Å². The smallest absolute Gasteiger partial charge is 0.170 e. The van der Waals surface area contributed by atoms with E-state index in [1.54, 1.807) is 37.4 Å². The molecule has 4 heteroatoms. The molecule has 102 valence electrons. The van der Waals surface area contributed by atoms with Crippen LogP contribution >= 0.6 is 0 Å². The Bertz CT molecular complexity index is 649. The lowest BCUT2D eigenvalue weighted by Crippen LogP contribution is -2.20. The van der Waals surface area contributed by atoms with Gasteiger partial charge in [0, 0.05) is 0 Å². The largest absolute Gasteiger partial charge is 0.497 e. The highest BCUT2D eigenvalue weighted by molar-refractivity contribution is 6.00. The average molecular weight is 272 g/mol. The van der Waals surface area contributed by atoms with Gasteiger partial charge in [0.25, 0.3) is 0 Å². The second-order valence-electron chi connectivity index (χ2n) is 4.65. The molecule has 1 aliphatic heterocycles. The van der Waals surface area contributed by atoms with Crippen LogP contribution in [0.5, 0.6) is 11.5 Å². The molecule has 0 N–H and O–H groups in total. The van der Waals surface area contributed by atoms with E-state index >= 15 is 0 Å². The molecule has 0 radical (unpaired) electrons. The second-order valence-corrected chi connectivity index (χ2v) is 4.65. The fraction of sp³-hybridized carbons (Fsp3) is 0.188. The van der Waals surface area contributed by atoms with E-state index in [-0.39, 0.29) is 24.1 Å². The van der Waals surface area contributed by atoms with Gasteiger partial charge in [-0.3, -0.25) is 4.79 Å². The number of Topliss-reactive ketones (excluding diaryl/α,β-unsaturated/α-hetero) is 1. The Kier molecular flexibility index (Phi) is 3.14. The van der Waals surface area contributed by atoms with Crippen molar-refractivity contribution in [1.82, 2.24) is 0 Å². The van der Waals surface area contributed by atoms with Crippen molar-refractivity contribution in [3.05, 3.63) is 59.4 Å². The summed E-state index contributed by atoms with van der Waals surface area (Å²) >= 11 is 0. The zero-order valence-corrected chi connectivity index (χ0v) is 10.9. The molecule has 3 rings (SSSR count). The fourth-order valence-electron chi connectivity index (χ4n) is 2.29. The van der Waals surface area contributed by atoms with Gasteiger partial charge in [-0.1, -0.05) is 12.1 Å². The van der Waals surface area contributed by atoms with Gasteiger partial charge < -0.3 is 9.47 Å². The highest BCUT2D eigenvalue weighted by Crippen LogP contribution is 2.36. The minimum atomic E-state index is -0.371. The van der Waals surface area contributed by atoms with Gasteiger partial charge in [0.2, 0.25) is 0 Å². The molecule has 1 aliphatic rings. The number of hydrogen-bond donors (Lipinski definition) is 0. The van der Waals surface area contributed by atoms with E-state index in [1.807, 2.05) is 0 Å². The van der Waals surface area contributed by atoms with Crippen LogP contribution in [-0.2, 0) is 0 Å². The zero-order chi connectivity index (χ0) is 14.1. The van der Waals surface area contributed by atoms with Crippen LogP contribution in [0.15, 0.2) is 42.5 Å². The average Bonchev–Trinajstić information content (AvgIpc) is 2.47. The van der Waals surface area contributed by atoms with Gasteiger partial charge in [0.1, 0.15) is 23.4 Å². The van der Waals surface area contributed by atoms with Crippen molar-refractivity contribution in [2.45, 2.75) is 12.5 Å². The molecule has 1 heterocycles. The minimum absolute atomic E-state index is 0.000486. The molecule has 0 fully saturated rings. The number of fused-ring (bicyclic) bond motifs is 1. The van der Waals surface area contributed by atoms with Crippen molar-refractivity contribution >= 4 is 5.78 Å². The number of rotatable bonds is 2. The van der Waals surface area contributed by atoms with E-state index in [1.165, 1.54) is 12.1 Å². The molecular formula is C16H13FO3. The van der Waals surface area contributed by atoms with Crippen LogP contribution in [0, 0.1) is 5.82 Å². The lowest BCUT2D eigenvalue weighted by Gasteiger charge is -2.25. The summed E-state index contributed by atoms with van der Waals surface area (Å²) in [7, 11) is 1.55. The molecule has 1 atom stereocenters. The number of halogens is 1. The summed E-state index contributed by atoms with van der Waals surface area (Å²) in [6.07, 6.45) is -0.129. The number of methoxy groups -OCH3 is 1. The van der Waals surface area contributed by atoms with Crippen LogP contribution in [0.4, 0.5) is 4.39 Å². The van der Waals surface area contributed by atoms with Crippen molar-refractivity contribution in [2.75, 3.05) is 7.11 Å². The molecule has 2 aromatic rings. The number of ketones is 1. The quantitative estimate of drug-likeness (QED) is 0.838. The van der Waals surface area contributed by atoms with Gasteiger partial charge >= 0.3 is 0 Å². The molecule has 0 saturated carbocycles. The van der Waals surface area contributed by atoms with Crippen LogP contribution in [-0.4, -0.2) is 12.9 Å². The van der Waals surface area contributed by atoms with Gasteiger partial charge in [-0.15, -0.1) is 0 Å². The minimum Gasteiger partial charge on any atom is -0.497 e. The molecule has 0 bridgehead atoms. The number of carbonyl (C=O) groups is 1. The van der Waals surface area contributed by atoms with Crippen molar-refractivity contribution in [3.8, 4) is 11.5 Å². The van der Waals surface area contributed by atoms with E-state index in [0.717, 1.165) is 5.56 Å². The molecule has 2 aromatic carbocycles. The Labute approximate surface area is 115 Å². The third-order valence-corrected chi connectivity index (χ3v) is 3.37. The van der Waals surface area contributed by atoms with Crippen LogP contribution in [0.2, 0.25) is 0 Å². The predicted octanol–water partition coefficient (Wildman–Crippen LogP) is 3.54. The highest BCUT2D eigenvalue weighted by atomic mass is 19.1. The van der Waals surface area contributed by atoms with E-state index < -0.39 is 0 Å². The predicted molar refractivity (Wildman–Crippen MR) is 71.7 cm³/mol. The number of hydrogen-bond acceptors (Lipinski definition) is 3. The van der Waals surface area contributed by atoms with Gasteiger partial charge in [0.15, 0.2) is 5.78 Å². The van der Waals surface area contributed by atoms with Crippen molar-refractivity contribution in [3.63, 3.8) is 0 Å². The second kappa shape index (κ2) is 4.96. The lowest BCUT2D eigenvalue weighted by atomic mass is 9.96. The van der Waals surface area contributed by atoms with Gasteiger partial charge in [0.05, 0.1) is 19.1 Å². The van der Waals surface area contributed by atoms with E-state index in [4.69, 9.17) is 9.47 Å². The Morgan fingerprint density at radius 2 is 1.95 bits per heavy atom. The van der Waals surface area contributed by atoms with Crippen molar-refractivity contribution in [2.24, 2.45) is 0 Å². The van der Waals surface area contributed by atoms with Gasteiger partial charge in [-0.05, 0) is 35.9 Å². The fourth-order valence-corrected chi connectivity index (χ4v) is 2.29. The van der Waals surface area contributed by atoms with E-state index in [0.29, 0.717) is 17.1 Å². The maximum absolute atomic E-state index is 12.9. The lowest BCUT2D eigenvalue weighted by molar-refractivity contribution is 0.0849. The molecule has 0 aromatic heterocycles. The van der Waals surface area contributed by atoms with Crippen LogP contribution < -0.4 is 9.47 Å². The Morgan fingerprint density at radius 3 is 2.65 bits per heavy atom. The third-order valence-electron chi connectivity index (χ3n) is 3.37. The summed E-state index contributed by atoms with van der Waals surface area (Å²) < 4.78 is 23.9. The summed E-state index contributed by atoms with van der Waals surface area (Å²) in [5.41, 5.74) is 1.32. The van der Waals surface area contributed by atoms with Crippen LogP contribution in [0.25, 0.3) is 0 Å². The SMILES string of the molecule is COc1ccc2c(c1)C(=O)C[C@H](c1ccc(F)cc1)O2. The molecular weight excluding hydrogens is 259 g/mol. The molecule has 0 spiro atoms. The summed E-state index contributed by atoms with van der Waals surface area (Å²) in [6, 6.07) is 11.2. The first kappa shape index (κ1) is 12.7. The zero-order valence-electron chi connectivity index (χ0n) is 10.9. The summed E-state index contributed by atoms with van der Waals surface area (Å²) in [4.78, 5) is 12.2. The maximum atomic E-state index is 12.9. The molecule has 0 aliphatic carbocycles. The third kappa shape index (κ3) is 2.25. The Balaban J connectivity index is 1.92. The normalized spacial score (nSPS) is 17.3. The van der Waals surface area contributed by atoms with E-state index in [9.17, 15) is 9.18 Å². The first-order chi connectivity index (χ1) is 9.67. The summed E-state index contributed by atoms with van der Waals surface area (Å²) in [6.45, 7) is 0. The number of ether oxygens (including phenoxy) is 2. The molecule has 3 nitrogen and oxygen atoms in total. The Morgan fingerprint density at radius 1 is 1.20 bits per heavy atom. The van der Waals surface area contributed by atoms with Crippen molar-refractivity contribution < 1.29 is 18.7 Å². The van der Waals surface area contributed by atoms with Gasteiger partial charge in [-0.2, -0.15) is 0 Å². The molecule has 0 unspecified atom stereocenters. The molecule has 20 heavy (non-hydrogen) atoms. The molecule has 0 saturated heterocycles. The van der Waals surface area contributed by atoms with Gasteiger partial charge in [-0.25, -0.2) is 4.39 Å². The summed E-state index contributed by atoms with van der Waals surface area (Å²) in [5, 5.41) is 0. The number of carbonyl (C=O) groups excluding carboxylic acids is 1. The van der Waals surface area contributed by atoms with Crippen LogP contribution in [0.3, 0.4) is 0 Å². The highest BCUT2D eigenvalue weighted by Gasteiger charge is 2.28. The summed E-state index contributed by atoms with van der Waals surface area (Å²) in [5.74, 6) is 0.859.